The number of anilines is 3. The van der Waals surface area contributed by atoms with Crippen LogP contribution < -0.4 is 4.90 Å². The predicted octanol–water partition coefficient (Wildman–Crippen LogP) is 9.55. The standard InChI is InChI=1S/C35H23N3O/c1-3-12-25(13-4-1)37(35-36-31-21-19-24-11-7-8-16-28(24)34(31)39-35)27-20-22-33-30(23-27)29-17-9-10-18-32(29)38(33)26-14-5-2-6-15-26/h1-23H. The first kappa shape index (κ1) is 21.7. The van der Waals surface area contributed by atoms with Crippen LogP contribution in [0.2, 0.25) is 0 Å². The van der Waals surface area contributed by atoms with E-state index in [2.05, 4.69) is 113 Å². The first-order valence-electron chi connectivity index (χ1n) is 13.1. The third kappa shape index (κ3) is 3.42. The van der Waals surface area contributed by atoms with Gasteiger partial charge in [-0.05, 0) is 60.0 Å². The second kappa shape index (κ2) is 8.61. The van der Waals surface area contributed by atoms with Crippen molar-refractivity contribution in [3.05, 3.63) is 140 Å². The topological polar surface area (TPSA) is 34.2 Å². The van der Waals surface area contributed by atoms with Gasteiger partial charge in [0.15, 0.2) is 5.58 Å². The Morgan fingerprint density at radius 1 is 0.538 bits per heavy atom. The maximum atomic E-state index is 6.54. The Morgan fingerprint density at radius 2 is 1.23 bits per heavy atom. The minimum Gasteiger partial charge on any atom is -0.422 e. The van der Waals surface area contributed by atoms with E-state index < -0.39 is 0 Å². The minimum atomic E-state index is 0.540. The second-order valence-corrected chi connectivity index (χ2v) is 9.69. The lowest BCUT2D eigenvalue weighted by atomic mass is 10.1. The van der Waals surface area contributed by atoms with E-state index in [4.69, 9.17) is 9.40 Å². The summed E-state index contributed by atoms with van der Waals surface area (Å²) in [6, 6.07) is 48.9. The molecule has 0 bridgehead atoms. The summed E-state index contributed by atoms with van der Waals surface area (Å²) in [5.74, 6) is 0. The third-order valence-corrected chi connectivity index (χ3v) is 7.40. The number of fused-ring (bicyclic) bond motifs is 6. The summed E-state index contributed by atoms with van der Waals surface area (Å²) in [4.78, 5) is 7.07. The normalized spacial score (nSPS) is 11.6. The van der Waals surface area contributed by atoms with E-state index in [-0.39, 0.29) is 0 Å². The maximum Gasteiger partial charge on any atom is 0.307 e. The van der Waals surface area contributed by atoms with Crippen LogP contribution in [-0.4, -0.2) is 9.55 Å². The largest absolute Gasteiger partial charge is 0.422 e. The van der Waals surface area contributed by atoms with Crippen LogP contribution in [0.5, 0.6) is 0 Å². The highest BCUT2D eigenvalue weighted by molar-refractivity contribution is 6.10. The van der Waals surface area contributed by atoms with Crippen molar-refractivity contribution in [3.63, 3.8) is 0 Å². The molecule has 0 N–H and O–H groups in total. The van der Waals surface area contributed by atoms with Crippen molar-refractivity contribution in [2.45, 2.75) is 0 Å². The zero-order valence-corrected chi connectivity index (χ0v) is 21.0. The molecule has 2 heterocycles. The van der Waals surface area contributed by atoms with E-state index in [1.165, 1.54) is 16.3 Å². The Kier molecular flexibility index (Phi) is 4.79. The highest BCUT2D eigenvalue weighted by Crippen LogP contribution is 2.40. The molecule has 184 valence electrons. The van der Waals surface area contributed by atoms with Gasteiger partial charge in [-0.15, -0.1) is 0 Å². The van der Waals surface area contributed by atoms with Gasteiger partial charge >= 0.3 is 6.01 Å². The number of hydrogen-bond donors (Lipinski definition) is 0. The van der Waals surface area contributed by atoms with Gasteiger partial charge in [-0.2, -0.15) is 4.98 Å². The van der Waals surface area contributed by atoms with Gasteiger partial charge < -0.3 is 8.98 Å². The summed E-state index contributed by atoms with van der Waals surface area (Å²) in [6.07, 6.45) is 0. The average Bonchev–Trinajstić information content (AvgIpc) is 3.58. The molecule has 0 atom stereocenters. The zero-order valence-electron chi connectivity index (χ0n) is 21.0. The lowest BCUT2D eigenvalue weighted by Crippen LogP contribution is -2.10. The molecule has 8 rings (SSSR count). The number of para-hydroxylation sites is 3. The third-order valence-electron chi connectivity index (χ3n) is 7.40. The molecule has 0 saturated heterocycles. The summed E-state index contributed by atoms with van der Waals surface area (Å²) >= 11 is 0. The van der Waals surface area contributed by atoms with Gasteiger partial charge in [0.05, 0.1) is 22.4 Å². The molecule has 0 aliphatic carbocycles. The van der Waals surface area contributed by atoms with Crippen LogP contribution >= 0.6 is 0 Å². The smallest absolute Gasteiger partial charge is 0.307 e. The summed E-state index contributed by atoms with van der Waals surface area (Å²) < 4.78 is 8.86. The molecule has 39 heavy (non-hydrogen) atoms. The molecule has 2 aromatic heterocycles. The molecule has 0 amide bonds. The van der Waals surface area contributed by atoms with E-state index in [1.54, 1.807) is 0 Å². The fourth-order valence-corrected chi connectivity index (χ4v) is 5.64. The first-order chi connectivity index (χ1) is 19.3. The molecule has 0 radical (unpaired) electrons. The second-order valence-electron chi connectivity index (χ2n) is 9.69. The number of hydrogen-bond acceptors (Lipinski definition) is 3. The molecular weight excluding hydrogens is 478 g/mol. The van der Waals surface area contributed by atoms with Crippen molar-refractivity contribution in [3.8, 4) is 5.69 Å². The average molecular weight is 502 g/mol. The SMILES string of the molecule is c1ccc(N(c2ccc3c(c2)c2ccccc2n3-c2ccccc2)c2nc3ccc4ccccc4c3o2)cc1. The van der Waals surface area contributed by atoms with Crippen LogP contribution in [0.4, 0.5) is 17.4 Å². The van der Waals surface area contributed by atoms with Crippen LogP contribution in [0.15, 0.2) is 144 Å². The molecule has 0 unspecified atom stereocenters. The van der Waals surface area contributed by atoms with E-state index in [0.29, 0.717) is 6.01 Å². The molecule has 4 nitrogen and oxygen atoms in total. The Morgan fingerprint density at radius 3 is 2.08 bits per heavy atom. The van der Waals surface area contributed by atoms with Crippen LogP contribution in [0.3, 0.4) is 0 Å². The first-order valence-corrected chi connectivity index (χ1v) is 13.1. The van der Waals surface area contributed by atoms with Crippen molar-refractivity contribution >= 4 is 61.1 Å². The zero-order chi connectivity index (χ0) is 25.8. The monoisotopic (exact) mass is 501 g/mol. The highest BCUT2D eigenvalue weighted by Gasteiger charge is 2.21. The molecule has 6 aromatic carbocycles. The predicted molar refractivity (Wildman–Crippen MR) is 161 cm³/mol. The van der Waals surface area contributed by atoms with Gasteiger partial charge in [0.25, 0.3) is 0 Å². The lowest BCUT2D eigenvalue weighted by molar-refractivity contribution is 0.611. The summed E-state index contributed by atoms with van der Waals surface area (Å²) in [6.45, 7) is 0. The van der Waals surface area contributed by atoms with E-state index in [9.17, 15) is 0 Å². The Bertz CT molecular complexity index is 2120. The lowest BCUT2D eigenvalue weighted by Gasteiger charge is -2.21. The summed E-state index contributed by atoms with van der Waals surface area (Å²) in [7, 11) is 0. The quantitative estimate of drug-likeness (QED) is 0.241. The highest BCUT2D eigenvalue weighted by atomic mass is 16.4. The van der Waals surface area contributed by atoms with Crippen molar-refractivity contribution in [2.24, 2.45) is 0 Å². The fraction of sp³-hybridized carbons (Fsp3) is 0. The van der Waals surface area contributed by atoms with Gasteiger partial charge in [0, 0.05) is 21.8 Å². The molecule has 0 spiro atoms. The van der Waals surface area contributed by atoms with E-state index in [0.717, 1.165) is 44.5 Å². The number of rotatable bonds is 4. The van der Waals surface area contributed by atoms with Crippen LogP contribution in [0.1, 0.15) is 0 Å². The molecule has 0 saturated carbocycles. The number of aromatic nitrogens is 2. The molecule has 0 aliphatic heterocycles. The van der Waals surface area contributed by atoms with Crippen molar-refractivity contribution in [1.82, 2.24) is 9.55 Å². The maximum absolute atomic E-state index is 6.54. The molecular formula is C35H23N3O. The van der Waals surface area contributed by atoms with Crippen molar-refractivity contribution in [2.75, 3.05) is 4.90 Å². The van der Waals surface area contributed by atoms with Crippen LogP contribution in [-0.2, 0) is 0 Å². The Hall–Kier alpha value is -5.35. The van der Waals surface area contributed by atoms with Crippen molar-refractivity contribution in [1.29, 1.82) is 0 Å². The number of oxazole rings is 1. The van der Waals surface area contributed by atoms with E-state index in [1.807, 2.05) is 36.4 Å². The van der Waals surface area contributed by atoms with Crippen LogP contribution in [0, 0.1) is 0 Å². The minimum absolute atomic E-state index is 0.540. The van der Waals surface area contributed by atoms with Crippen molar-refractivity contribution < 1.29 is 4.42 Å². The summed E-state index contributed by atoms with van der Waals surface area (Å²) in [5.41, 5.74) is 7.08. The van der Waals surface area contributed by atoms with Gasteiger partial charge in [-0.1, -0.05) is 84.9 Å². The summed E-state index contributed by atoms with van der Waals surface area (Å²) in [5, 5.41) is 4.57. The van der Waals surface area contributed by atoms with Gasteiger partial charge in [0.2, 0.25) is 0 Å². The Balaban J connectivity index is 1.38. The van der Waals surface area contributed by atoms with Crippen LogP contribution in [0.25, 0.3) is 49.4 Å². The van der Waals surface area contributed by atoms with Gasteiger partial charge in [-0.3, -0.25) is 4.90 Å². The fourth-order valence-electron chi connectivity index (χ4n) is 5.64. The molecule has 0 fully saturated rings. The number of benzene rings is 6. The van der Waals surface area contributed by atoms with Gasteiger partial charge in [-0.25, -0.2) is 0 Å². The van der Waals surface area contributed by atoms with Gasteiger partial charge in [0.1, 0.15) is 5.52 Å². The molecule has 4 heteroatoms. The van der Waals surface area contributed by atoms with E-state index >= 15 is 0 Å². The molecule has 0 aliphatic rings. The number of nitrogens with zero attached hydrogens (tertiary/aromatic N) is 3. The Labute approximate surface area is 225 Å². The molecule has 8 aromatic rings.